The highest BCUT2D eigenvalue weighted by Crippen LogP contribution is 2.33. The van der Waals surface area contributed by atoms with Crippen molar-refractivity contribution in [2.24, 2.45) is 0 Å². The summed E-state index contributed by atoms with van der Waals surface area (Å²) in [7, 11) is 0. The number of halogens is 3. The zero-order chi connectivity index (χ0) is 16.9. The minimum atomic E-state index is -4.63. The lowest BCUT2D eigenvalue weighted by molar-refractivity contribution is -0.137. The molecule has 120 valence electrons. The molecule has 0 saturated carbocycles. The van der Waals surface area contributed by atoms with Gasteiger partial charge < -0.3 is 15.1 Å². The van der Waals surface area contributed by atoms with Gasteiger partial charge in [0.1, 0.15) is 5.76 Å². The van der Waals surface area contributed by atoms with Gasteiger partial charge in [-0.2, -0.15) is 18.4 Å². The molecule has 1 heterocycles. The maximum absolute atomic E-state index is 12.8. The van der Waals surface area contributed by atoms with Gasteiger partial charge in [-0.3, -0.25) is 4.79 Å². The molecule has 0 radical (unpaired) electrons. The first kappa shape index (κ1) is 16.4. The van der Waals surface area contributed by atoms with E-state index in [9.17, 15) is 18.0 Å². The van der Waals surface area contributed by atoms with Crippen LogP contribution in [-0.4, -0.2) is 12.5 Å². The van der Waals surface area contributed by atoms with Crippen LogP contribution in [0.4, 0.5) is 18.9 Å². The molecule has 1 amide bonds. The van der Waals surface area contributed by atoms with E-state index in [1.54, 1.807) is 12.1 Å². The Hall–Kier alpha value is -2.95. The first-order chi connectivity index (χ1) is 10.9. The molecule has 0 aliphatic carbocycles. The van der Waals surface area contributed by atoms with E-state index in [4.69, 9.17) is 9.68 Å². The van der Waals surface area contributed by atoms with Crippen molar-refractivity contribution in [3.63, 3.8) is 0 Å². The molecule has 1 aromatic heterocycles. The largest absolute Gasteiger partial charge is 0.467 e. The zero-order valence-corrected chi connectivity index (χ0v) is 11.8. The van der Waals surface area contributed by atoms with Gasteiger partial charge in [0.05, 0.1) is 36.5 Å². The fourth-order valence-electron chi connectivity index (χ4n) is 1.83. The van der Waals surface area contributed by atoms with Gasteiger partial charge >= 0.3 is 6.18 Å². The van der Waals surface area contributed by atoms with Crippen LogP contribution in [0.2, 0.25) is 0 Å². The summed E-state index contributed by atoms with van der Waals surface area (Å²) < 4.78 is 43.5. The quantitative estimate of drug-likeness (QED) is 0.887. The zero-order valence-electron chi connectivity index (χ0n) is 11.8. The lowest BCUT2D eigenvalue weighted by Crippen LogP contribution is -2.29. The first-order valence-corrected chi connectivity index (χ1v) is 6.54. The van der Waals surface area contributed by atoms with Crippen LogP contribution in [0, 0.1) is 11.3 Å². The Balaban J connectivity index is 1.95. The summed E-state index contributed by atoms with van der Waals surface area (Å²) in [6.45, 7) is -0.0153. The number of anilines is 1. The van der Waals surface area contributed by atoms with Crippen LogP contribution in [0.15, 0.2) is 41.0 Å². The molecular formula is C15H12F3N3O2. The van der Waals surface area contributed by atoms with Crippen LogP contribution < -0.4 is 10.6 Å². The summed E-state index contributed by atoms with van der Waals surface area (Å²) in [6, 6.07) is 8.03. The molecule has 2 aromatic rings. The molecular weight excluding hydrogens is 311 g/mol. The van der Waals surface area contributed by atoms with E-state index in [2.05, 4.69) is 10.6 Å². The highest BCUT2D eigenvalue weighted by Gasteiger charge is 2.33. The molecule has 23 heavy (non-hydrogen) atoms. The number of nitrogens with one attached hydrogen (secondary N) is 2. The standard InChI is InChI=1S/C15H12F3N3O2/c16-15(17,18)13-6-11(4-3-10(13)7-19)20-9-14(22)21-8-12-2-1-5-23-12/h1-6,20H,8-9H2,(H,21,22). The number of nitrogens with zero attached hydrogens (tertiary/aromatic N) is 1. The molecule has 0 atom stereocenters. The number of benzene rings is 1. The Bertz CT molecular complexity index is 719. The summed E-state index contributed by atoms with van der Waals surface area (Å²) in [4.78, 5) is 11.6. The Labute approximate surface area is 129 Å². The average Bonchev–Trinajstić information content (AvgIpc) is 3.03. The fraction of sp³-hybridized carbons (Fsp3) is 0.200. The van der Waals surface area contributed by atoms with Crippen molar-refractivity contribution in [3.8, 4) is 6.07 Å². The Kier molecular flexibility index (Phi) is 4.91. The normalized spacial score (nSPS) is 10.9. The lowest BCUT2D eigenvalue weighted by atomic mass is 10.1. The van der Waals surface area contributed by atoms with Crippen molar-refractivity contribution in [2.75, 3.05) is 11.9 Å². The van der Waals surface area contributed by atoms with Crippen molar-refractivity contribution < 1.29 is 22.4 Å². The van der Waals surface area contributed by atoms with Gasteiger partial charge in [0, 0.05) is 5.69 Å². The molecule has 0 spiro atoms. The van der Waals surface area contributed by atoms with E-state index >= 15 is 0 Å². The summed E-state index contributed by atoms with van der Waals surface area (Å²) in [5, 5.41) is 13.8. The van der Waals surface area contributed by atoms with Crippen molar-refractivity contribution in [2.45, 2.75) is 12.7 Å². The second-order valence-corrected chi connectivity index (χ2v) is 4.58. The maximum atomic E-state index is 12.8. The number of nitriles is 1. The predicted octanol–water partition coefficient (Wildman–Crippen LogP) is 2.90. The number of alkyl halides is 3. The third-order valence-electron chi connectivity index (χ3n) is 2.94. The van der Waals surface area contributed by atoms with E-state index in [0.717, 1.165) is 12.1 Å². The minimum Gasteiger partial charge on any atom is -0.467 e. The van der Waals surface area contributed by atoms with Gasteiger partial charge in [-0.25, -0.2) is 0 Å². The van der Waals surface area contributed by atoms with Gasteiger partial charge in [-0.15, -0.1) is 0 Å². The molecule has 2 N–H and O–H groups in total. The number of hydrogen-bond donors (Lipinski definition) is 2. The molecule has 0 bridgehead atoms. The highest BCUT2D eigenvalue weighted by molar-refractivity contribution is 5.80. The molecule has 8 heteroatoms. The van der Waals surface area contributed by atoms with E-state index in [1.807, 2.05) is 0 Å². The summed E-state index contributed by atoms with van der Waals surface area (Å²) in [5.74, 6) is 0.162. The van der Waals surface area contributed by atoms with E-state index in [0.29, 0.717) is 5.76 Å². The van der Waals surface area contributed by atoms with Crippen molar-refractivity contribution >= 4 is 11.6 Å². The van der Waals surface area contributed by atoms with Gasteiger partial charge in [0.15, 0.2) is 0 Å². The predicted molar refractivity (Wildman–Crippen MR) is 75.2 cm³/mol. The SMILES string of the molecule is N#Cc1ccc(NCC(=O)NCc2ccco2)cc1C(F)(F)F. The van der Waals surface area contributed by atoms with Crippen LogP contribution in [0.1, 0.15) is 16.9 Å². The van der Waals surface area contributed by atoms with Crippen LogP contribution in [-0.2, 0) is 17.5 Å². The molecule has 1 aromatic carbocycles. The number of rotatable bonds is 5. The van der Waals surface area contributed by atoms with E-state index in [-0.39, 0.29) is 18.8 Å². The second kappa shape index (κ2) is 6.87. The van der Waals surface area contributed by atoms with Crippen LogP contribution in [0.25, 0.3) is 0 Å². The van der Waals surface area contributed by atoms with Crippen molar-refractivity contribution in [1.29, 1.82) is 5.26 Å². The number of amides is 1. The van der Waals surface area contributed by atoms with E-state index < -0.39 is 23.2 Å². The molecule has 2 rings (SSSR count). The highest BCUT2D eigenvalue weighted by atomic mass is 19.4. The first-order valence-electron chi connectivity index (χ1n) is 6.54. The van der Waals surface area contributed by atoms with Crippen LogP contribution in [0.3, 0.4) is 0 Å². The Morgan fingerprint density at radius 1 is 1.30 bits per heavy atom. The molecule has 0 saturated heterocycles. The van der Waals surface area contributed by atoms with Gasteiger partial charge in [0.2, 0.25) is 5.91 Å². The van der Waals surface area contributed by atoms with Gasteiger partial charge in [-0.05, 0) is 30.3 Å². The smallest absolute Gasteiger partial charge is 0.417 e. The molecule has 0 unspecified atom stereocenters. The fourth-order valence-corrected chi connectivity index (χ4v) is 1.83. The number of furan rings is 1. The Morgan fingerprint density at radius 3 is 2.70 bits per heavy atom. The third kappa shape index (κ3) is 4.51. The number of hydrogen-bond acceptors (Lipinski definition) is 4. The number of carbonyl (C=O) groups is 1. The number of carbonyl (C=O) groups excluding carboxylic acids is 1. The molecule has 0 aliphatic heterocycles. The summed E-state index contributed by atoms with van der Waals surface area (Å²) in [6.07, 6.45) is -3.17. The van der Waals surface area contributed by atoms with Crippen LogP contribution in [0.5, 0.6) is 0 Å². The summed E-state index contributed by atoms with van der Waals surface area (Å²) in [5.41, 5.74) is -1.41. The molecule has 0 fully saturated rings. The molecule has 0 aliphatic rings. The Morgan fingerprint density at radius 2 is 2.09 bits per heavy atom. The maximum Gasteiger partial charge on any atom is 0.417 e. The minimum absolute atomic E-state index is 0.101. The lowest BCUT2D eigenvalue weighted by Gasteiger charge is -2.12. The topological polar surface area (TPSA) is 78.1 Å². The monoisotopic (exact) mass is 323 g/mol. The molecule has 5 nitrogen and oxygen atoms in total. The van der Waals surface area contributed by atoms with Crippen molar-refractivity contribution in [3.05, 3.63) is 53.5 Å². The second-order valence-electron chi connectivity index (χ2n) is 4.58. The van der Waals surface area contributed by atoms with Crippen LogP contribution >= 0.6 is 0 Å². The third-order valence-corrected chi connectivity index (χ3v) is 2.94. The van der Waals surface area contributed by atoms with E-state index in [1.165, 1.54) is 18.4 Å². The van der Waals surface area contributed by atoms with Crippen molar-refractivity contribution in [1.82, 2.24) is 5.32 Å². The summed E-state index contributed by atoms with van der Waals surface area (Å²) >= 11 is 0. The van der Waals surface area contributed by atoms with Gasteiger partial charge in [0.25, 0.3) is 0 Å². The average molecular weight is 323 g/mol. The van der Waals surface area contributed by atoms with Gasteiger partial charge in [-0.1, -0.05) is 0 Å².